The fourth-order valence-electron chi connectivity index (χ4n) is 9.48. The van der Waals surface area contributed by atoms with Crippen LogP contribution in [0.2, 0.25) is 0 Å². The first-order valence-electron chi connectivity index (χ1n) is 26.1. The summed E-state index contributed by atoms with van der Waals surface area (Å²) in [5, 5.41) is 10.2. The first-order chi connectivity index (χ1) is 36.3. The molecule has 0 atom stereocenters. The molecule has 4 nitrogen and oxygen atoms in total. The number of aromatic nitrogens is 3. The van der Waals surface area contributed by atoms with Gasteiger partial charge in [0, 0.05) is 22.7 Å². The molecule has 0 saturated carbocycles. The Bertz CT molecular complexity index is 3510. The van der Waals surface area contributed by atoms with E-state index < -0.39 is 6.85 Å². The van der Waals surface area contributed by atoms with Crippen molar-refractivity contribution in [3.63, 3.8) is 0 Å². The molecule has 0 aliphatic heterocycles. The SMILES string of the molecule is [2H]C([2H])([2H])c1ccc(-c2[c-]cc(-c3ccccc3-c3cc(CCc4c[c-]c(-c5ccccn5)cc4)cc(CCc4c[c-]c(-c5ccccn5)cc4)c3)c(-c3ccc(-c4cc(CC(C)(C)C)ccc4C#N)cc3)c2)nc1.[Ir+3]. The van der Waals surface area contributed by atoms with Gasteiger partial charge >= 0.3 is 20.1 Å². The minimum atomic E-state index is -2.26. The molecule has 356 valence electrons. The third-order valence-corrected chi connectivity index (χ3v) is 13.1. The summed E-state index contributed by atoms with van der Waals surface area (Å²) < 4.78 is 23.8. The molecule has 10 aromatic rings. The van der Waals surface area contributed by atoms with Crippen LogP contribution in [0.4, 0.5) is 0 Å². The predicted octanol–water partition coefficient (Wildman–Crippen LogP) is 16.3. The van der Waals surface area contributed by atoms with Gasteiger partial charge in [-0.05, 0) is 123 Å². The molecule has 0 unspecified atom stereocenters. The molecule has 0 bridgehead atoms. The molecule has 0 saturated heterocycles. The number of aryl methyl sites for hydroxylation is 5. The summed E-state index contributed by atoms with van der Waals surface area (Å²) >= 11 is 0. The quantitative estimate of drug-likeness (QED) is 0.102. The van der Waals surface area contributed by atoms with E-state index in [-0.39, 0.29) is 31.1 Å². The second kappa shape index (κ2) is 22.7. The maximum Gasteiger partial charge on any atom is 3.00 e. The molecule has 3 aromatic heterocycles. The molecular formula is C68H55IrN4. The molecule has 0 aliphatic rings. The van der Waals surface area contributed by atoms with Crippen LogP contribution >= 0.6 is 0 Å². The van der Waals surface area contributed by atoms with Crippen molar-refractivity contribution in [3.05, 3.63) is 258 Å². The monoisotopic (exact) mass is 1120 g/mol. The fraction of sp³-hybridized carbons (Fsp3) is 0.147. The topological polar surface area (TPSA) is 62.5 Å². The van der Waals surface area contributed by atoms with Crippen LogP contribution in [-0.2, 0) is 52.2 Å². The van der Waals surface area contributed by atoms with Gasteiger partial charge in [-0.2, -0.15) is 5.26 Å². The summed E-state index contributed by atoms with van der Waals surface area (Å²) in [7, 11) is 0. The van der Waals surface area contributed by atoms with Gasteiger partial charge in [-0.25, -0.2) is 0 Å². The maximum absolute atomic E-state index is 10.2. The van der Waals surface area contributed by atoms with Crippen molar-refractivity contribution in [1.82, 2.24) is 15.0 Å². The number of hydrogen-bond acceptors (Lipinski definition) is 4. The summed E-state index contributed by atoms with van der Waals surface area (Å²) in [6.45, 7) is 4.41. The molecule has 3 heterocycles. The molecule has 5 heteroatoms. The standard InChI is InChI=1S/C68H55N4.Ir/c1-47-15-36-67(72-46-47)57-34-35-62(64(43-57)54-32-30-53(31-33-54)63-42-52(44-68(2,3)4)24-29-58(63)45-69)61-12-6-5-11-60(61)59-40-50(18-16-48-20-25-55(26-21-48)65-13-7-9-37-70-65)39-51(41-59)19-17-49-22-27-56(28-23-49)66-14-8-10-38-71-66;/h5-15,20-25,27,29-33,35-43,46H,16-19,44H2,1-4H3;/q-3;+3/i1D3;. The Morgan fingerprint density at radius 2 is 1.03 bits per heavy atom. The number of rotatable bonds is 14. The third kappa shape index (κ3) is 12.3. The zero-order chi connectivity index (χ0) is 51.9. The largest absolute Gasteiger partial charge is 3.00 e. The van der Waals surface area contributed by atoms with E-state index >= 15 is 0 Å². The van der Waals surface area contributed by atoms with Gasteiger partial charge in [0.1, 0.15) is 0 Å². The minimum Gasteiger partial charge on any atom is -0.305 e. The molecule has 0 fully saturated rings. The molecule has 0 amide bonds. The average Bonchev–Trinajstić information content (AvgIpc) is 3.44. The number of nitriles is 1. The fourth-order valence-corrected chi connectivity index (χ4v) is 9.48. The molecule has 0 N–H and O–H groups in total. The van der Waals surface area contributed by atoms with E-state index in [2.05, 4.69) is 181 Å². The summed E-state index contributed by atoms with van der Waals surface area (Å²) in [5.41, 5.74) is 20.2. The van der Waals surface area contributed by atoms with Crippen LogP contribution in [0.25, 0.3) is 78.3 Å². The number of hydrogen-bond donors (Lipinski definition) is 0. The number of benzene rings is 7. The molecule has 0 spiro atoms. The van der Waals surface area contributed by atoms with Crippen LogP contribution in [0, 0.1) is 41.8 Å². The van der Waals surface area contributed by atoms with Crippen LogP contribution in [0.15, 0.2) is 201 Å². The van der Waals surface area contributed by atoms with E-state index in [4.69, 9.17) is 4.11 Å². The van der Waals surface area contributed by atoms with Gasteiger partial charge in [0.05, 0.1) is 11.6 Å². The Hall–Kier alpha value is -7.87. The van der Waals surface area contributed by atoms with E-state index in [1.807, 2.05) is 60.9 Å². The van der Waals surface area contributed by atoms with Crippen LogP contribution in [0.3, 0.4) is 0 Å². The first-order valence-corrected chi connectivity index (χ1v) is 24.6. The zero-order valence-electron chi connectivity index (χ0n) is 44.2. The van der Waals surface area contributed by atoms with Gasteiger partial charge < -0.3 is 15.0 Å². The zero-order valence-corrected chi connectivity index (χ0v) is 43.6. The van der Waals surface area contributed by atoms with Crippen LogP contribution < -0.4 is 0 Å². The van der Waals surface area contributed by atoms with E-state index in [1.54, 1.807) is 12.1 Å². The van der Waals surface area contributed by atoms with Crippen molar-refractivity contribution in [2.75, 3.05) is 0 Å². The second-order valence-electron chi connectivity index (χ2n) is 19.6. The Morgan fingerprint density at radius 3 is 1.56 bits per heavy atom. The van der Waals surface area contributed by atoms with Crippen molar-refractivity contribution in [3.8, 4) is 84.3 Å². The van der Waals surface area contributed by atoms with E-state index in [1.165, 1.54) is 34.0 Å². The van der Waals surface area contributed by atoms with Crippen LogP contribution in [0.5, 0.6) is 0 Å². The summed E-state index contributed by atoms with van der Waals surface area (Å²) in [5.74, 6) is 0. The van der Waals surface area contributed by atoms with E-state index in [9.17, 15) is 5.26 Å². The first kappa shape index (κ1) is 46.2. The molecule has 0 radical (unpaired) electrons. The summed E-state index contributed by atoms with van der Waals surface area (Å²) in [6.07, 6.45) is 9.32. The Morgan fingerprint density at radius 1 is 0.466 bits per heavy atom. The average molecular weight is 1120 g/mol. The van der Waals surface area contributed by atoms with Crippen molar-refractivity contribution in [2.24, 2.45) is 5.41 Å². The van der Waals surface area contributed by atoms with Gasteiger partial charge in [-0.1, -0.05) is 159 Å². The number of nitrogens with zero attached hydrogens (tertiary/aromatic N) is 4. The number of pyridine rings is 3. The van der Waals surface area contributed by atoms with Crippen LogP contribution in [0.1, 0.15) is 63.8 Å². The predicted molar refractivity (Wildman–Crippen MR) is 295 cm³/mol. The normalized spacial score (nSPS) is 11.9. The smallest absolute Gasteiger partial charge is 0.305 e. The van der Waals surface area contributed by atoms with Gasteiger partial charge in [-0.3, -0.25) is 0 Å². The van der Waals surface area contributed by atoms with E-state index in [0.29, 0.717) is 11.3 Å². The van der Waals surface area contributed by atoms with Gasteiger partial charge in [0.15, 0.2) is 0 Å². The summed E-state index contributed by atoms with van der Waals surface area (Å²) in [6, 6.07) is 75.3. The Labute approximate surface area is 449 Å². The molecule has 7 aromatic carbocycles. The van der Waals surface area contributed by atoms with Crippen molar-refractivity contribution < 1.29 is 24.2 Å². The van der Waals surface area contributed by atoms with E-state index in [0.717, 1.165) is 105 Å². The maximum atomic E-state index is 10.2. The van der Waals surface area contributed by atoms with Gasteiger partial charge in [0.25, 0.3) is 0 Å². The van der Waals surface area contributed by atoms with Crippen LogP contribution in [-0.4, -0.2) is 15.0 Å². The molecule has 0 aliphatic carbocycles. The second-order valence-corrected chi connectivity index (χ2v) is 19.6. The molecule has 73 heavy (non-hydrogen) atoms. The van der Waals surface area contributed by atoms with Gasteiger partial charge in [0.2, 0.25) is 0 Å². The summed E-state index contributed by atoms with van der Waals surface area (Å²) in [4.78, 5) is 13.7. The van der Waals surface area contributed by atoms with Crippen molar-refractivity contribution >= 4 is 0 Å². The molecule has 10 rings (SSSR count). The Balaban J connectivity index is 0.00000706. The Kier molecular flexibility index (Phi) is 14.4. The minimum absolute atomic E-state index is 0. The third-order valence-electron chi connectivity index (χ3n) is 13.1. The van der Waals surface area contributed by atoms with Gasteiger partial charge in [-0.15, -0.1) is 94.5 Å². The molecular weight excluding hydrogens is 1060 g/mol. The van der Waals surface area contributed by atoms with Crippen molar-refractivity contribution in [1.29, 1.82) is 5.26 Å². The van der Waals surface area contributed by atoms with Crippen molar-refractivity contribution in [2.45, 2.75) is 59.7 Å².